The molecule has 1 aliphatic carbocycles. The van der Waals surface area contributed by atoms with Crippen molar-refractivity contribution >= 4 is 17.7 Å². The second-order valence-corrected chi connectivity index (χ2v) is 8.41. The lowest BCUT2D eigenvalue weighted by Crippen LogP contribution is -2.35. The molecule has 1 fully saturated rings. The maximum atomic E-state index is 12.5. The Balaban J connectivity index is 1.60. The highest BCUT2D eigenvalue weighted by Gasteiger charge is 2.21. The molecule has 1 saturated carbocycles. The first kappa shape index (κ1) is 19.7. The van der Waals surface area contributed by atoms with Gasteiger partial charge in [0.1, 0.15) is 5.75 Å². The second-order valence-electron chi connectivity index (χ2n) is 7.11. The normalized spacial score (nSPS) is 16.1. The van der Waals surface area contributed by atoms with Gasteiger partial charge in [-0.3, -0.25) is 4.79 Å². The van der Waals surface area contributed by atoms with E-state index in [2.05, 4.69) is 15.5 Å². The summed E-state index contributed by atoms with van der Waals surface area (Å²) in [6, 6.07) is 7.73. The monoisotopic (exact) mass is 388 g/mol. The summed E-state index contributed by atoms with van der Waals surface area (Å²) in [5.41, 5.74) is 0.936. The number of hydrogen-bond donors (Lipinski definition) is 1. The van der Waals surface area contributed by atoms with Crippen molar-refractivity contribution in [2.75, 3.05) is 13.7 Å². The maximum Gasteiger partial charge on any atom is 0.233 e. The van der Waals surface area contributed by atoms with Crippen molar-refractivity contribution in [1.82, 2.24) is 20.1 Å². The van der Waals surface area contributed by atoms with E-state index in [1.54, 1.807) is 7.11 Å². The summed E-state index contributed by atoms with van der Waals surface area (Å²) in [4.78, 5) is 12.5. The van der Waals surface area contributed by atoms with Gasteiger partial charge in [0.15, 0.2) is 11.0 Å². The van der Waals surface area contributed by atoms with Crippen LogP contribution in [0.4, 0.5) is 0 Å². The molecule has 3 rings (SSSR count). The van der Waals surface area contributed by atoms with Gasteiger partial charge in [0.2, 0.25) is 5.91 Å². The second kappa shape index (κ2) is 9.26. The van der Waals surface area contributed by atoms with Crippen molar-refractivity contribution in [2.45, 2.75) is 49.4 Å². The Morgan fingerprint density at radius 3 is 2.85 bits per heavy atom. The fraction of sp³-hybridized carbons (Fsp3) is 0.550. The Hall–Kier alpha value is -2.02. The molecule has 1 aromatic heterocycles. The number of amides is 1. The molecule has 1 atom stereocenters. The number of hydrogen-bond acceptors (Lipinski definition) is 5. The number of aromatic nitrogens is 3. The van der Waals surface area contributed by atoms with E-state index in [9.17, 15) is 4.79 Å². The average Bonchev–Trinajstić information content (AvgIpc) is 3.07. The minimum atomic E-state index is -0.213. The van der Waals surface area contributed by atoms with Crippen molar-refractivity contribution < 1.29 is 9.53 Å². The van der Waals surface area contributed by atoms with Gasteiger partial charge < -0.3 is 14.6 Å². The van der Waals surface area contributed by atoms with E-state index in [0.29, 0.717) is 5.92 Å². The molecule has 7 heteroatoms. The minimum absolute atomic E-state index is 0.0662. The maximum absolute atomic E-state index is 12.5. The summed E-state index contributed by atoms with van der Waals surface area (Å²) in [7, 11) is 3.56. The van der Waals surface area contributed by atoms with Gasteiger partial charge in [0, 0.05) is 19.2 Å². The topological polar surface area (TPSA) is 69.0 Å². The Morgan fingerprint density at radius 2 is 2.11 bits per heavy atom. The molecule has 6 nitrogen and oxygen atoms in total. The van der Waals surface area contributed by atoms with Crippen LogP contribution in [-0.2, 0) is 11.8 Å². The molecule has 2 aromatic rings. The van der Waals surface area contributed by atoms with E-state index in [-0.39, 0.29) is 11.2 Å². The highest BCUT2D eigenvalue weighted by Crippen LogP contribution is 2.28. The molecule has 0 spiro atoms. The van der Waals surface area contributed by atoms with Crippen LogP contribution in [0.2, 0.25) is 0 Å². The molecule has 1 aromatic carbocycles. The zero-order valence-electron chi connectivity index (χ0n) is 16.3. The van der Waals surface area contributed by atoms with Gasteiger partial charge in [-0.05, 0) is 37.8 Å². The molecule has 0 aliphatic heterocycles. The first-order valence-electron chi connectivity index (χ1n) is 9.56. The van der Waals surface area contributed by atoms with E-state index in [4.69, 9.17) is 4.74 Å². The Morgan fingerprint density at radius 1 is 1.33 bits per heavy atom. The Labute approximate surface area is 165 Å². The van der Waals surface area contributed by atoms with E-state index in [0.717, 1.165) is 28.8 Å². The van der Waals surface area contributed by atoms with Gasteiger partial charge in [-0.1, -0.05) is 43.2 Å². The first-order chi connectivity index (χ1) is 13.1. The van der Waals surface area contributed by atoms with E-state index >= 15 is 0 Å². The molecule has 0 radical (unpaired) electrons. The molecule has 146 valence electrons. The van der Waals surface area contributed by atoms with E-state index in [1.165, 1.54) is 43.9 Å². The zero-order chi connectivity index (χ0) is 19.2. The number of carbonyl (C=O) groups is 1. The van der Waals surface area contributed by atoms with Gasteiger partial charge in [-0.15, -0.1) is 10.2 Å². The third-order valence-electron chi connectivity index (χ3n) is 5.10. The number of benzene rings is 1. The predicted molar refractivity (Wildman–Crippen MR) is 108 cm³/mol. The molecule has 0 saturated heterocycles. The van der Waals surface area contributed by atoms with Gasteiger partial charge >= 0.3 is 0 Å². The van der Waals surface area contributed by atoms with Gasteiger partial charge in [-0.2, -0.15) is 0 Å². The summed E-state index contributed by atoms with van der Waals surface area (Å²) in [5, 5.41) is 12.2. The lowest BCUT2D eigenvalue weighted by atomic mass is 9.89. The Kier molecular flexibility index (Phi) is 6.77. The van der Waals surface area contributed by atoms with Gasteiger partial charge in [-0.25, -0.2) is 0 Å². The minimum Gasteiger partial charge on any atom is -0.497 e. The molecule has 1 amide bonds. The molecular weight excluding hydrogens is 360 g/mol. The summed E-state index contributed by atoms with van der Waals surface area (Å²) >= 11 is 1.44. The smallest absolute Gasteiger partial charge is 0.233 e. The number of rotatable bonds is 7. The van der Waals surface area contributed by atoms with Crippen molar-refractivity contribution in [3.63, 3.8) is 0 Å². The number of thioether (sulfide) groups is 1. The summed E-state index contributed by atoms with van der Waals surface area (Å²) < 4.78 is 7.20. The summed E-state index contributed by atoms with van der Waals surface area (Å²) in [6.07, 6.45) is 6.37. The average molecular weight is 389 g/mol. The standard InChI is InChI=1S/C20H28N4O2S/c1-14(19(25)21-13-15-8-5-4-6-9-15)27-20-23-22-18(24(20)2)16-10-7-11-17(12-16)26-3/h7,10-12,14-15H,4-6,8-9,13H2,1-3H3,(H,21,25). The highest BCUT2D eigenvalue weighted by molar-refractivity contribution is 8.00. The van der Waals surface area contributed by atoms with Gasteiger partial charge in [0.25, 0.3) is 0 Å². The lowest BCUT2D eigenvalue weighted by Gasteiger charge is -2.22. The zero-order valence-corrected chi connectivity index (χ0v) is 17.1. The van der Waals surface area contributed by atoms with Crippen LogP contribution in [0.15, 0.2) is 29.4 Å². The number of nitrogens with zero attached hydrogens (tertiary/aromatic N) is 3. The molecular formula is C20H28N4O2S. The summed E-state index contributed by atoms with van der Waals surface area (Å²) in [6.45, 7) is 2.71. The third kappa shape index (κ3) is 5.03. The SMILES string of the molecule is COc1cccc(-c2nnc(SC(C)C(=O)NCC3CCCCC3)n2C)c1. The molecule has 1 N–H and O–H groups in total. The van der Waals surface area contributed by atoms with E-state index < -0.39 is 0 Å². The molecule has 0 bridgehead atoms. The first-order valence-corrected chi connectivity index (χ1v) is 10.4. The largest absolute Gasteiger partial charge is 0.497 e. The van der Waals surface area contributed by atoms with Crippen molar-refractivity contribution in [2.24, 2.45) is 13.0 Å². The van der Waals surface area contributed by atoms with Crippen molar-refractivity contribution in [3.05, 3.63) is 24.3 Å². The number of carbonyl (C=O) groups excluding carboxylic acids is 1. The molecule has 1 heterocycles. The van der Waals surface area contributed by atoms with Crippen molar-refractivity contribution in [3.8, 4) is 17.1 Å². The van der Waals surface area contributed by atoms with Crippen LogP contribution in [0.3, 0.4) is 0 Å². The van der Waals surface area contributed by atoms with Crippen LogP contribution in [0.5, 0.6) is 5.75 Å². The molecule has 27 heavy (non-hydrogen) atoms. The molecule has 1 unspecified atom stereocenters. The van der Waals surface area contributed by atoms with Crippen molar-refractivity contribution in [1.29, 1.82) is 0 Å². The number of nitrogens with one attached hydrogen (secondary N) is 1. The van der Waals surface area contributed by atoms with Crippen LogP contribution in [0, 0.1) is 5.92 Å². The molecule has 1 aliphatic rings. The third-order valence-corrected chi connectivity index (χ3v) is 6.24. The van der Waals surface area contributed by atoms with Crippen LogP contribution in [0.1, 0.15) is 39.0 Å². The lowest BCUT2D eigenvalue weighted by molar-refractivity contribution is -0.120. The quantitative estimate of drug-likeness (QED) is 0.733. The highest BCUT2D eigenvalue weighted by atomic mass is 32.2. The number of ether oxygens (including phenoxy) is 1. The van der Waals surface area contributed by atoms with Crippen LogP contribution < -0.4 is 10.1 Å². The van der Waals surface area contributed by atoms with Crippen LogP contribution >= 0.6 is 11.8 Å². The van der Waals surface area contributed by atoms with Crippen LogP contribution in [0.25, 0.3) is 11.4 Å². The predicted octanol–water partition coefficient (Wildman–Crippen LogP) is 3.67. The Bertz CT molecular complexity index is 771. The van der Waals surface area contributed by atoms with E-state index in [1.807, 2.05) is 42.8 Å². The fourth-order valence-electron chi connectivity index (χ4n) is 3.42. The van der Waals surface area contributed by atoms with Crippen LogP contribution in [-0.4, -0.2) is 39.6 Å². The number of methoxy groups -OCH3 is 1. The summed E-state index contributed by atoms with van der Waals surface area (Å²) in [5.74, 6) is 2.23. The van der Waals surface area contributed by atoms with Gasteiger partial charge in [0.05, 0.1) is 12.4 Å². The fourth-order valence-corrected chi connectivity index (χ4v) is 4.26.